The molecule has 4 aliphatic rings. The van der Waals surface area contributed by atoms with E-state index in [1.54, 1.807) is 0 Å². The molecule has 1 aromatic rings. The van der Waals surface area contributed by atoms with Crippen LogP contribution in [-0.4, -0.2) is 43.6 Å². The molecule has 0 aromatic heterocycles. The standard InChI is InChI=1S/C24H36N2O2/c1-23(2,22(27)25-9-10-26(3)4)28-21-7-5-20(6-8-21)24-14-17-11-18(15-24)13-19(12-17)16-24/h5-8,17-19H,9-16H2,1-4H3,(H,25,27). The van der Waals surface area contributed by atoms with Crippen molar-refractivity contribution in [3.05, 3.63) is 29.8 Å². The van der Waals surface area contributed by atoms with Crippen LogP contribution in [0, 0.1) is 17.8 Å². The average Bonchev–Trinajstić information content (AvgIpc) is 2.60. The molecule has 1 amide bonds. The van der Waals surface area contributed by atoms with Gasteiger partial charge in [-0.2, -0.15) is 0 Å². The van der Waals surface area contributed by atoms with E-state index in [1.165, 1.54) is 44.1 Å². The van der Waals surface area contributed by atoms with Crippen LogP contribution in [0.4, 0.5) is 0 Å². The molecule has 0 unspecified atom stereocenters. The van der Waals surface area contributed by atoms with Crippen molar-refractivity contribution in [2.75, 3.05) is 27.2 Å². The highest BCUT2D eigenvalue weighted by Crippen LogP contribution is 2.60. The topological polar surface area (TPSA) is 41.6 Å². The maximum atomic E-state index is 12.5. The van der Waals surface area contributed by atoms with Crippen LogP contribution in [0.5, 0.6) is 5.75 Å². The largest absolute Gasteiger partial charge is 0.478 e. The molecule has 5 rings (SSSR count). The molecule has 0 spiro atoms. The number of nitrogens with one attached hydrogen (secondary N) is 1. The number of rotatable bonds is 7. The van der Waals surface area contributed by atoms with E-state index >= 15 is 0 Å². The third-order valence-corrected chi connectivity index (χ3v) is 7.27. The van der Waals surface area contributed by atoms with Gasteiger partial charge >= 0.3 is 0 Å². The Morgan fingerprint density at radius 2 is 1.61 bits per heavy atom. The van der Waals surface area contributed by atoms with Gasteiger partial charge in [-0.05, 0) is 107 Å². The summed E-state index contributed by atoms with van der Waals surface area (Å²) in [7, 11) is 4.00. The highest BCUT2D eigenvalue weighted by atomic mass is 16.5. The molecule has 0 radical (unpaired) electrons. The molecule has 0 atom stereocenters. The Bertz CT molecular complexity index is 673. The molecule has 1 N–H and O–H groups in total. The fourth-order valence-corrected chi connectivity index (χ4v) is 6.29. The Labute approximate surface area is 170 Å². The Hall–Kier alpha value is -1.55. The number of carbonyl (C=O) groups is 1. The quantitative estimate of drug-likeness (QED) is 0.773. The Morgan fingerprint density at radius 3 is 2.11 bits per heavy atom. The van der Waals surface area contributed by atoms with Crippen molar-refractivity contribution in [3.8, 4) is 5.75 Å². The molecular weight excluding hydrogens is 348 g/mol. The van der Waals surface area contributed by atoms with Crippen LogP contribution in [0.1, 0.15) is 57.9 Å². The van der Waals surface area contributed by atoms with Gasteiger partial charge in [0.15, 0.2) is 5.60 Å². The third kappa shape index (κ3) is 3.94. The zero-order valence-electron chi connectivity index (χ0n) is 18.0. The van der Waals surface area contributed by atoms with Gasteiger partial charge in [-0.3, -0.25) is 4.79 Å². The zero-order chi connectivity index (χ0) is 19.9. The number of hydrogen-bond acceptors (Lipinski definition) is 3. The number of benzene rings is 1. The molecule has 4 bridgehead atoms. The number of hydrogen-bond donors (Lipinski definition) is 1. The molecule has 0 saturated heterocycles. The monoisotopic (exact) mass is 384 g/mol. The third-order valence-electron chi connectivity index (χ3n) is 7.27. The Morgan fingerprint density at radius 1 is 1.07 bits per heavy atom. The summed E-state index contributed by atoms with van der Waals surface area (Å²) in [5.74, 6) is 3.56. The molecule has 154 valence electrons. The maximum Gasteiger partial charge on any atom is 0.263 e. The number of amides is 1. The van der Waals surface area contributed by atoms with Crippen LogP contribution in [0.3, 0.4) is 0 Å². The summed E-state index contributed by atoms with van der Waals surface area (Å²) in [5, 5.41) is 2.97. The first-order chi connectivity index (χ1) is 13.3. The lowest BCUT2D eigenvalue weighted by atomic mass is 9.48. The van der Waals surface area contributed by atoms with Crippen LogP contribution in [0.15, 0.2) is 24.3 Å². The van der Waals surface area contributed by atoms with Gasteiger partial charge in [0, 0.05) is 13.1 Å². The molecule has 4 fully saturated rings. The number of ether oxygens (including phenoxy) is 1. The van der Waals surface area contributed by atoms with Gasteiger partial charge in [-0.25, -0.2) is 0 Å². The summed E-state index contributed by atoms with van der Waals surface area (Å²) in [6.45, 7) is 5.13. The van der Waals surface area contributed by atoms with Crippen LogP contribution >= 0.6 is 0 Å². The summed E-state index contributed by atoms with van der Waals surface area (Å²) >= 11 is 0. The Balaban J connectivity index is 1.40. The number of likely N-dealkylation sites (N-methyl/N-ethyl adjacent to an activating group) is 1. The van der Waals surface area contributed by atoms with Gasteiger partial charge < -0.3 is 15.0 Å². The summed E-state index contributed by atoms with van der Waals surface area (Å²) in [6, 6.07) is 8.68. The first kappa shape index (κ1) is 19.8. The minimum Gasteiger partial charge on any atom is -0.478 e. The highest BCUT2D eigenvalue weighted by Gasteiger charge is 2.51. The summed E-state index contributed by atoms with van der Waals surface area (Å²) in [6.07, 6.45) is 8.53. The smallest absolute Gasteiger partial charge is 0.263 e. The van der Waals surface area contributed by atoms with Crippen LogP contribution in [0.25, 0.3) is 0 Å². The SMILES string of the molecule is CN(C)CCNC(=O)C(C)(C)Oc1ccc(C23CC4CC(CC(C4)C2)C3)cc1. The molecule has 4 heteroatoms. The van der Waals surface area contributed by atoms with E-state index in [0.29, 0.717) is 12.0 Å². The van der Waals surface area contributed by atoms with Crippen LogP contribution in [-0.2, 0) is 10.2 Å². The lowest BCUT2D eigenvalue weighted by Crippen LogP contribution is -2.48. The average molecular weight is 385 g/mol. The van der Waals surface area contributed by atoms with Crippen molar-refractivity contribution in [3.63, 3.8) is 0 Å². The second-order valence-electron chi connectivity index (χ2n) is 10.4. The van der Waals surface area contributed by atoms with E-state index in [0.717, 1.165) is 30.0 Å². The van der Waals surface area contributed by atoms with E-state index in [2.05, 4.69) is 34.5 Å². The van der Waals surface area contributed by atoms with Crippen molar-refractivity contribution >= 4 is 5.91 Å². The molecule has 0 heterocycles. The van der Waals surface area contributed by atoms with Gasteiger partial charge in [-0.1, -0.05) is 12.1 Å². The van der Waals surface area contributed by atoms with Crippen molar-refractivity contribution in [1.29, 1.82) is 0 Å². The normalized spacial score (nSPS) is 31.2. The van der Waals surface area contributed by atoms with E-state index in [4.69, 9.17) is 4.74 Å². The molecule has 1 aromatic carbocycles. The second-order valence-corrected chi connectivity index (χ2v) is 10.4. The van der Waals surface area contributed by atoms with Crippen molar-refractivity contribution < 1.29 is 9.53 Å². The molecule has 0 aliphatic heterocycles. The fourth-order valence-electron chi connectivity index (χ4n) is 6.29. The molecule has 4 saturated carbocycles. The van der Waals surface area contributed by atoms with E-state index in [1.807, 2.05) is 27.9 Å². The Kier molecular flexibility index (Phi) is 5.20. The lowest BCUT2D eigenvalue weighted by Gasteiger charge is -2.57. The van der Waals surface area contributed by atoms with Crippen molar-refractivity contribution in [2.24, 2.45) is 17.8 Å². The van der Waals surface area contributed by atoms with Gasteiger partial charge in [0.2, 0.25) is 0 Å². The zero-order valence-corrected chi connectivity index (χ0v) is 18.0. The summed E-state index contributed by atoms with van der Waals surface area (Å²) in [5.41, 5.74) is 1.02. The number of carbonyl (C=O) groups excluding carboxylic acids is 1. The van der Waals surface area contributed by atoms with Gasteiger partial charge in [0.25, 0.3) is 5.91 Å². The number of nitrogens with zero attached hydrogens (tertiary/aromatic N) is 1. The summed E-state index contributed by atoms with van der Waals surface area (Å²) < 4.78 is 6.07. The molecule has 4 aliphatic carbocycles. The van der Waals surface area contributed by atoms with Gasteiger partial charge in [-0.15, -0.1) is 0 Å². The van der Waals surface area contributed by atoms with E-state index < -0.39 is 5.60 Å². The van der Waals surface area contributed by atoms with E-state index in [-0.39, 0.29) is 5.91 Å². The molecule has 28 heavy (non-hydrogen) atoms. The fraction of sp³-hybridized carbons (Fsp3) is 0.708. The van der Waals surface area contributed by atoms with E-state index in [9.17, 15) is 4.79 Å². The first-order valence-corrected chi connectivity index (χ1v) is 11.0. The molecule has 4 nitrogen and oxygen atoms in total. The van der Waals surface area contributed by atoms with Gasteiger partial charge in [0.1, 0.15) is 5.75 Å². The second kappa shape index (κ2) is 7.37. The summed E-state index contributed by atoms with van der Waals surface area (Å²) in [4.78, 5) is 14.5. The highest BCUT2D eigenvalue weighted by molar-refractivity contribution is 5.84. The minimum atomic E-state index is -0.880. The van der Waals surface area contributed by atoms with Crippen LogP contribution in [0.2, 0.25) is 0 Å². The van der Waals surface area contributed by atoms with Crippen LogP contribution < -0.4 is 10.1 Å². The van der Waals surface area contributed by atoms with Gasteiger partial charge in [0.05, 0.1) is 0 Å². The lowest BCUT2D eigenvalue weighted by molar-refractivity contribution is -0.134. The maximum absolute atomic E-state index is 12.5. The predicted octanol–water partition coefficient (Wildman–Crippen LogP) is 3.99. The first-order valence-electron chi connectivity index (χ1n) is 11.0. The van der Waals surface area contributed by atoms with Crippen molar-refractivity contribution in [2.45, 2.75) is 63.4 Å². The molecular formula is C24H36N2O2. The van der Waals surface area contributed by atoms with Crippen molar-refractivity contribution in [1.82, 2.24) is 10.2 Å². The predicted molar refractivity (Wildman–Crippen MR) is 113 cm³/mol. The minimum absolute atomic E-state index is 0.0699.